The summed E-state index contributed by atoms with van der Waals surface area (Å²) in [6.07, 6.45) is 0. The average Bonchev–Trinajstić information content (AvgIpc) is 2.61. The number of carboxylic acid groups (broad SMARTS) is 2. The molecule has 0 amide bonds. The lowest BCUT2D eigenvalue weighted by Crippen LogP contribution is -2.25. The van der Waals surface area contributed by atoms with Gasteiger partial charge in [0.05, 0.1) is 17.6 Å². The summed E-state index contributed by atoms with van der Waals surface area (Å²) in [6.45, 7) is 1.72. The highest BCUT2D eigenvalue weighted by Gasteiger charge is 2.07. The van der Waals surface area contributed by atoms with Crippen LogP contribution >= 0.6 is 0 Å². The third-order valence-electron chi connectivity index (χ3n) is 3.58. The van der Waals surface area contributed by atoms with E-state index in [4.69, 9.17) is 0 Å². The van der Waals surface area contributed by atoms with Crippen molar-refractivity contribution in [1.82, 2.24) is 9.97 Å². The van der Waals surface area contributed by atoms with Crippen LogP contribution in [0.15, 0.2) is 54.6 Å². The Hall–Kier alpha value is -3.74. The van der Waals surface area contributed by atoms with Crippen LogP contribution in [-0.4, -0.2) is 21.9 Å². The van der Waals surface area contributed by atoms with E-state index in [0.29, 0.717) is 17.3 Å². The first-order valence-electron chi connectivity index (χ1n) is 7.68. The Morgan fingerprint density at radius 2 is 1.50 bits per heavy atom. The van der Waals surface area contributed by atoms with E-state index in [0.717, 1.165) is 11.6 Å². The molecule has 0 bridgehead atoms. The fourth-order valence-corrected chi connectivity index (χ4v) is 2.47. The van der Waals surface area contributed by atoms with Crippen LogP contribution in [0.4, 0.5) is 11.5 Å². The predicted molar refractivity (Wildman–Crippen MR) is 90.6 cm³/mol. The third-order valence-corrected chi connectivity index (χ3v) is 3.58. The molecule has 3 aromatic rings. The molecule has 0 radical (unpaired) electrons. The molecule has 0 saturated heterocycles. The van der Waals surface area contributed by atoms with Gasteiger partial charge in [0, 0.05) is 17.3 Å². The van der Waals surface area contributed by atoms with Crippen molar-refractivity contribution >= 4 is 23.4 Å². The Morgan fingerprint density at radius 3 is 2.08 bits per heavy atom. The number of aromatic nitrogens is 2. The molecule has 0 aliphatic heterocycles. The number of nitrogens with zero attached hydrogens (tertiary/aromatic N) is 2. The minimum atomic E-state index is -1.49. The Morgan fingerprint density at radius 1 is 0.885 bits per heavy atom. The molecule has 130 valence electrons. The Labute approximate surface area is 149 Å². The standard InChI is InChI=1S/C19H15N3O4/c1-11-20-16(12-5-3-2-4-6-12)10-17(21-11)22-15-8-13(18(23)24)7-14(9-15)19(25)26/h2-10H,1H3,(H,23,24)(H,25,26)(H,20,21,22)/p-2. The monoisotopic (exact) mass is 347 g/mol. The van der Waals surface area contributed by atoms with Crippen molar-refractivity contribution in [3.05, 3.63) is 71.5 Å². The summed E-state index contributed by atoms with van der Waals surface area (Å²) in [7, 11) is 0. The van der Waals surface area contributed by atoms with Crippen LogP contribution in [0.3, 0.4) is 0 Å². The van der Waals surface area contributed by atoms with Crippen LogP contribution in [0.5, 0.6) is 0 Å². The minimum Gasteiger partial charge on any atom is -0.545 e. The molecule has 0 saturated carbocycles. The lowest BCUT2D eigenvalue weighted by atomic mass is 10.1. The maximum atomic E-state index is 11.1. The summed E-state index contributed by atoms with van der Waals surface area (Å²) in [5.41, 5.74) is 1.26. The van der Waals surface area contributed by atoms with E-state index in [-0.39, 0.29) is 16.8 Å². The molecule has 1 heterocycles. The van der Waals surface area contributed by atoms with Crippen LogP contribution in [0.2, 0.25) is 0 Å². The number of benzene rings is 2. The van der Waals surface area contributed by atoms with E-state index >= 15 is 0 Å². The number of carboxylic acids is 2. The van der Waals surface area contributed by atoms with Gasteiger partial charge in [-0.2, -0.15) is 0 Å². The van der Waals surface area contributed by atoms with E-state index in [1.807, 2.05) is 30.3 Å². The molecule has 7 heteroatoms. The Balaban J connectivity index is 2.00. The second-order valence-corrected chi connectivity index (χ2v) is 5.55. The number of aryl methyl sites for hydroxylation is 1. The number of hydrogen-bond donors (Lipinski definition) is 1. The SMILES string of the molecule is Cc1nc(Nc2cc(C(=O)[O-])cc(C(=O)[O-])c2)cc(-c2ccccc2)n1. The number of carbonyl (C=O) groups excluding carboxylic acids is 2. The van der Waals surface area contributed by atoms with Crippen molar-refractivity contribution in [2.24, 2.45) is 0 Å². The molecule has 26 heavy (non-hydrogen) atoms. The third kappa shape index (κ3) is 3.84. The van der Waals surface area contributed by atoms with E-state index in [1.165, 1.54) is 12.1 Å². The highest BCUT2D eigenvalue weighted by Crippen LogP contribution is 2.23. The molecule has 0 spiro atoms. The molecule has 7 nitrogen and oxygen atoms in total. The van der Waals surface area contributed by atoms with Gasteiger partial charge in [0.15, 0.2) is 0 Å². The van der Waals surface area contributed by atoms with Gasteiger partial charge >= 0.3 is 0 Å². The second-order valence-electron chi connectivity index (χ2n) is 5.55. The van der Waals surface area contributed by atoms with Gasteiger partial charge in [-0.1, -0.05) is 30.3 Å². The summed E-state index contributed by atoms with van der Waals surface area (Å²) in [5.74, 6) is -2.07. The second kappa shape index (κ2) is 7.02. The van der Waals surface area contributed by atoms with Gasteiger partial charge in [0.2, 0.25) is 0 Å². The molecule has 2 aromatic carbocycles. The summed E-state index contributed by atoms with van der Waals surface area (Å²) in [5, 5.41) is 25.1. The van der Waals surface area contributed by atoms with Gasteiger partial charge in [0.1, 0.15) is 11.6 Å². The van der Waals surface area contributed by atoms with Gasteiger partial charge in [-0.25, -0.2) is 9.97 Å². The molecular weight excluding hydrogens is 334 g/mol. The zero-order valence-corrected chi connectivity index (χ0v) is 13.7. The summed E-state index contributed by atoms with van der Waals surface area (Å²) < 4.78 is 0. The summed E-state index contributed by atoms with van der Waals surface area (Å²) in [4.78, 5) is 30.8. The predicted octanol–water partition coefficient (Wildman–Crippen LogP) is 0.923. The molecule has 3 rings (SSSR count). The van der Waals surface area contributed by atoms with Crippen molar-refractivity contribution in [2.45, 2.75) is 6.92 Å². The summed E-state index contributed by atoms with van der Waals surface area (Å²) in [6, 6.07) is 14.7. The van der Waals surface area contributed by atoms with Crippen molar-refractivity contribution in [1.29, 1.82) is 0 Å². The number of anilines is 2. The highest BCUT2D eigenvalue weighted by molar-refractivity contribution is 5.94. The Kier molecular flexibility index (Phi) is 4.62. The largest absolute Gasteiger partial charge is 0.545 e. The smallest absolute Gasteiger partial charge is 0.134 e. The minimum absolute atomic E-state index is 0.239. The van der Waals surface area contributed by atoms with E-state index in [9.17, 15) is 19.8 Å². The maximum Gasteiger partial charge on any atom is 0.134 e. The number of aromatic carboxylic acids is 2. The first kappa shape index (κ1) is 17.1. The number of rotatable bonds is 5. The number of hydrogen-bond acceptors (Lipinski definition) is 7. The van der Waals surface area contributed by atoms with E-state index in [1.54, 1.807) is 13.0 Å². The first-order valence-corrected chi connectivity index (χ1v) is 7.68. The molecular formula is C19H13N3O4-2. The lowest BCUT2D eigenvalue weighted by Gasteiger charge is -2.13. The van der Waals surface area contributed by atoms with Crippen LogP contribution in [0, 0.1) is 6.92 Å². The van der Waals surface area contributed by atoms with E-state index in [2.05, 4.69) is 15.3 Å². The average molecular weight is 347 g/mol. The molecule has 0 aliphatic rings. The lowest BCUT2D eigenvalue weighted by molar-refractivity contribution is -0.255. The van der Waals surface area contributed by atoms with Gasteiger partial charge < -0.3 is 25.1 Å². The van der Waals surface area contributed by atoms with Crippen molar-refractivity contribution in [3.8, 4) is 11.3 Å². The summed E-state index contributed by atoms with van der Waals surface area (Å²) >= 11 is 0. The number of carbonyl (C=O) groups is 2. The zero-order chi connectivity index (χ0) is 18.7. The first-order chi connectivity index (χ1) is 12.4. The molecule has 0 unspecified atom stereocenters. The van der Waals surface area contributed by atoms with Crippen LogP contribution in [0.25, 0.3) is 11.3 Å². The zero-order valence-electron chi connectivity index (χ0n) is 13.7. The molecule has 0 atom stereocenters. The van der Waals surface area contributed by atoms with Gasteiger partial charge in [0.25, 0.3) is 0 Å². The normalized spacial score (nSPS) is 10.3. The van der Waals surface area contributed by atoms with Crippen molar-refractivity contribution in [3.63, 3.8) is 0 Å². The van der Waals surface area contributed by atoms with Gasteiger partial charge in [-0.15, -0.1) is 0 Å². The van der Waals surface area contributed by atoms with Crippen molar-refractivity contribution in [2.75, 3.05) is 5.32 Å². The number of nitrogens with one attached hydrogen (secondary N) is 1. The molecule has 1 aromatic heterocycles. The molecule has 0 fully saturated rings. The van der Waals surface area contributed by atoms with Crippen LogP contribution in [0.1, 0.15) is 26.5 Å². The maximum absolute atomic E-state index is 11.1. The van der Waals surface area contributed by atoms with Crippen molar-refractivity contribution < 1.29 is 19.8 Å². The van der Waals surface area contributed by atoms with E-state index < -0.39 is 11.9 Å². The topological polar surface area (TPSA) is 118 Å². The van der Waals surface area contributed by atoms with Crippen LogP contribution < -0.4 is 15.5 Å². The fourth-order valence-electron chi connectivity index (χ4n) is 2.47. The molecule has 0 aliphatic carbocycles. The van der Waals surface area contributed by atoms with Crippen LogP contribution in [-0.2, 0) is 0 Å². The fraction of sp³-hybridized carbons (Fsp3) is 0.0526. The van der Waals surface area contributed by atoms with Gasteiger partial charge in [-0.3, -0.25) is 0 Å². The molecule has 1 N–H and O–H groups in total. The Bertz CT molecular complexity index is 955. The quantitative estimate of drug-likeness (QED) is 0.729. The van der Waals surface area contributed by atoms with Gasteiger partial charge in [-0.05, 0) is 36.2 Å². The highest BCUT2D eigenvalue weighted by atomic mass is 16.4.